The van der Waals surface area contributed by atoms with Gasteiger partial charge in [-0.3, -0.25) is 4.98 Å². The van der Waals surface area contributed by atoms with Crippen LogP contribution in [0.5, 0.6) is 0 Å². The number of nitrogens with two attached hydrogens (primary N) is 1. The Morgan fingerprint density at radius 3 is 2.67 bits per heavy atom. The van der Waals surface area contributed by atoms with Crippen molar-refractivity contribution >= 4 is 43.9 Å². The van der Waals surface area contributed by atoms with E-state index in [9.17, 15) is 8.78 Å². The van der Waals surface area contributed by atoms with E-state index in [0.29, 0.717) is 26.8 Å². The molecule has 3 N–H and O–H groups in total. The molecular weight excluding hydrogens is 340 g/mol. The standard InChI is InChI=1S/C15H10BrF2N3/c16-10-6-8(3-4-11(10)17)21-15-12(18)7-13(19)9-2-1-5-20-14(9)15/h1-7,21H,19H2. The van der Waals surface area contributed by atoms with Crippen LogP contribution in [0, 0.1) is 11.6 Å². The molecule has 1 heterocycles. The van der Waals surface area contributed by atoms with Crippen LogP contribution in [0.15, 0.2) is 47.1 Å². The second-order valence-corrected chi connectivity index (χ2v) is 5.33. The minimum absolute atomic E-state index is 0.207. The first-order valence-corrected chi connectivity index (χ1v) is 6.90. The number of hydrogen-bond acceptors (Lipinski definition) is 3. The van der Waals surface area contributed by atoms with E-state index in [-0.39, 0.29) is 11.5 Å². The number of pyridine rings is 1. The lowest BCUT2D eigenvalue weighted by Gasteiger charge is -2.12. The highest BCUT2D eigenvalue weighted by Crippen LogP contribution is 2.32. The summed E-state index contributed by atoms with van der Waals surface area (Å²) >= 11 is 3.09. The summed E-state index contributed by atoms with van der Waals surface area (Å²) in [7, 11) is 0. The van der Waals surface area contributed by atoms with Gasteiger partial charge in [-0.2, -0.15) is 0 Å². The molecule has 2 aromatic carbocycles. The summed E-state index contributed by atoms with van der Waals surface area (Å²) in [6, 6.07) is 9.07. The number of nitrogen functional groups attached to an aromatic ring is 1. The maximum absolute atomic E-state index is 14.2. The van der Waals surface area contributed by atoms with E-state index in [0.717, 1.165) is 0 Å². The molecule has 0 aliphatic carbocycles. The van der Waals surface area contributed by atoms with Crippen molar-refractivity contribution in [3.8, 4) is 0 Å². The van der Waals surface area contributed by atoms with Crippen LogP contribution < -0.4 is 11.1 Å². The molecule has 0 atom stereocenters. The molecule has 3 rings (SSSR count). The van der Waals surface area contributed by atoms with Gasteiger partial charge in [0.1, 0.15) is 11.5 Å². The SMILES string of the molecule is Nc1cc(F)c(Nc2ccc(F)c(Br)c2)c2ncccc12. The van der Waals surface area contributed by atoms with Crippen molar-refractivity contribution < 1.29 is 8.78 Å². The number of aromatic nitrogens is 1. The maximum Gasteiger partial charge on any atom is 0.150 e. The van der Waals surface area contributed by atoms with E-state index in [1.54, 1.807) is 18.3 Å². The molecule has 6 heteroatoms. The molecule has 0 amide bonds. The molecule has 3 nitrogen and oxygen atoms in total. The summed E-state index contributed by atoms with van der Waals surface area (Å²) in [6.45, 7) is 0. The van der Waals surface area contributed by atoms with Crippen LogP contribution in [0.2, 0.25) is 0 Å². The average Bonchev–Trinajstić information content (AvgIpc) is 2.47. The number of anilines is 3. The van der Waals surface area contributed by atoms with Crippen molar-refractivity contribution in [3.63, 3.8) is 0 Å². The van der Waals surface area contributed by atoms with Crippen LogP contribution in [0.3, 0.4) is 0 Å². The molecule has 0 saturated heterocycles. The summed E-state index contributed by atoms with van der Waals surface area (Å²) in [4.78, 5) is 4.17. The summed E-state index contributed by atoms with van der Waals surface area (Å²) in [5.41, 5.74) is 7.29. The zero-order valence-electron chi connectivity index (χ0n) is 10.7. The van der Waals surface area contributed by atoms with Gasteiger partial charge in [-0.15, -0.1) is 0 Å². The molecule has 0 aliphatic heterocycles. The maximum atomic E-state index is 14.2. The Kier molecular flexibility index (Phi) is 3.47. The van der Waals surface area contributed by atoms with Crippen LogP contribution in [0.1, 0.15) is 0 Å². The van der Waals surface area contributed by atoms with Gasteiger partial charge in [-0.25, -0.2) is 8.78 Å². The number of fused-ring (bicyclic) bond motifs is 1. The fraction of sp³-hybridized carbons (Fsp3) is 0. The first-order chi connectivity index (χ1) is 10.1. The molecule has 106 valence electrons. The van der Waals surface area contributed by atoms with Crippen molar-refractivity contribution in [2.24, 2.45) is 0 Å². The Hall–Kier alpha value is -2.21. The quantitative estimate of drug-likeness (QED) is 0.664. The van der Waals surface area contributed by atoms with Crippen molar-refractivity contribution in [1.29, 1.82) is 0 Å². The van der Waals surface area contributed by atoms with E-state index in [1.165, 1.54) is 24.3 Å². The zero-order valence-corrected chi connectivity index (χ0v) is 12.3. The predicted octanol–water partition coefficient (Wildman–Crippen LogP) is 4.60. The molecule has 0 spiro atoms. The lowest BCUT2D eigenvalue weighted by Crippen LogP contribution is -1.99. The van der Waals surface area contributed by atoms with E-state index >= 15 is 0 Å². The molecule has 0 unspecified atom stereocenters. The van der Waals surface area contributed by atoms with Crippen LogP contribution in [-0.4, -0.2) is 4.98 Å². The summed E-state index contributed by atoms with van der Waals surface area (Å²) < 4.78 is 27.7. The summed E-state index contributed by atoms with van der Waals surface area (Å²) in [6.07, 6.45) is 1.56. The molecule has 1 aromatic heterocycles. The highest BCUT2D eigenvalue weighted by Gasteiger charge is 2.12. The first-order valence-electron chi connectivity index (χ1n) is 6.11. The van der Waals surface area contributed by atoms with Gasteiger partial charge in [0.25, 0.3) is 0 Å². The minimum Gasteiger partial charge on any atom is -0.398 e. The number of hydrogen-bond donors (Lipinski definition) is 2. The van der Waals surface area contributed by atoms with Crippen LogP contribution in [-0.2, 0) is 0 Å². The molecular formula is C15H10BrF2N3. The van der Waals surface area contributed by atoms with E-state index in [4.69, 9.17) is 5.73 Å². The van der Waals surface area contributed by atoms with E-state index in [1.807, 2.05) is 0 Å². The predicted molar refractivity (Wildman–Crippen MR) is 83.5 cm³/mol. The fourth-order valence-electron chi connectivity index (χ4n) is 2.07. The number of nitrogens with one attached hydrogen (secondary N) is 1. The lowest BCUT2D eigenvalue weighted by molar-refractivity contribution is 0.621. The molecule has 0 fully saturated rings. The molecule has 0 aliphatic rings. The van der Waals surface area contributed by atoms with E-state index in [2.05, 4.69) is 26.2 Å². The van der Waals surface area contributed by atoms with E-state index < -0.39 is 5.82 Å². The second-order valence-electron chi connectivity index (χ2n) is 4.48. The Balaban J connectivity index is 2.14. The van der Waals surface area contributed by atoms with Crippen molar-refractivity contribution in [3.05, 3.63) is 58.7 Å². The normalized spacial score (nSPS) is 10.8. The third kappa shape index (κ3) is 2.54. The Bertz CT molecular complexity index is 837. The fourth-order valence-corrected chi connectivity index (χ4v) is 2.45. The van der Waals surface area contributed by atoms with Crippen molar-refractivity contribution in [2.45, 2.75) is 0 Å². The van der Waals surface area contributed by atoms with Crippen LogP contribution in [0.25, 0.3) is 10.9 Å². The van der Waals surface area contributed by atoms with Crippen molar-refractivity contribution in [1.82, 2.24) is 4.98 Å². The van der Waals surface area contributed by atoms with Gasteiger partial charge in [0.05, 0.1) is 9.99 Å². The second kappa shape index (κ2) is 5.29. The van der Waals surface area contributed by atoms with Gasteiger partial charge >= 0.3 is 0 Å². The largest absolute Gasteiger partial charge is 0.398 e. The van der Waals surface area contributed by atoms with Gasteiger partial charge < -0.3 is 11.1 Å². The van der Waals surface area contributed by atoms with Crippen LogP contribution >= 0.6 is 15.9 Å². The van der Waals surface area contributed by atoms with Gasteiger partial charge in [-0.05, 0) is 52.3 Å². The topological polar surface area (TPSA) is 50.9 Å². The third-order valence-corrected chi connectivity index (χ3v) is 3.67. The summed E-state index contributed by atoms with van der Waals surface area (Å²) in [5, 5.41) is 3.58. The van der Waals surface area contributed by atoms with Gasteiger partial charge in [0.2, 0.25) is 0 Å². The van der Waals surface area contributed by atoms with Crippen LogP contribution in [0.4, 0.5) is 25.8 Å². The molecule has 0 radical (unpaired) electrons. The molecule has 3 aromatic rings. The first kappa shape index (κ1) is 13.8. The smallest absolute Gasteiger partial charge is 0.150 e. The van der Waals surface area contributed by atoms with Crippen molar-refractivity contribution in [2.75, 3.05) is 11.1 Å². The highest BCUT2D eigenvalue weighted by atomic mass is 79.9. The third-order valence-electron chi connectivity index (χ3n) is 3.07. The Morgan fingerprint density at radius 2 is 1.90 bits per heavy atom. The number of benzene rings is 2. The number of rotatable bonds is 2. The lowest BCUT2D eigenvalue weighted by atomic mass is 10.1. The minimum atomic E-state index is -0.515. The monoisotopic (exact) mass is 349 g/mol. The Morgan fingerprint density at radius 1 is 1.10 bits per heavy atom. The molecule has 21 heavy (non-hydrogen) atoms. The van der Waals surface area contributed by atoms with Gasteiger partial charge in [-0.1, -0.05) is 0 Å². The number of nitrogens with zero attached hydrogens (tertiary/aromatic N) is 1. The Labute approximate surface area is 127 Å². The molecule has 0 saturated carbocycles. The average molecular weight is 350 g/mol. The summed E-state index contributed by atoms with van der Waals surface area (Å²) in [5.74, 6) is -0.902. The van der Waals surface area contributed by atoms with Gasteiger partial charge in [0, 0.05) is 23.0 Å². The molecule has 0 bridgehead atoms. The van der Waals surface area contributed by atoms with Gasteiger partial charge in [0.15, 0.2) is 5.82 Å². The number of halogens is 3. The highest BCUT2D eigenvalue weighted by molar-refractivity contribution is 9.10. The zero-order chi connectivity index (χ0) is 15.0.